The molecular weight excluding hydrogens is 497 g/mol. The largest absolute Gasteiger partial charge is 0.375 e. The minimum atomic E-state index is 0. The van der Waals surface area contributed by atoms with E-state index in [0.717, 1.165) is 36.3 Å². The van der Waals surface area contributed by atoms with E-state index in [4.69, 9.17) is 4.74 Å². The van der Waals surface area contributed by atoms with Crippen molar-refractivity contribution in [1.29, 1.82) is 0 Å². The predicted octanol–water partition coefficient (Wildman–Crippen LogP) is 4.05. The van der Waals surface area contributed by atoms with E-state index in [9.17, 15) is 0 Å². The fourth-order valence-corrected chi connectivity index (χ4v) is 3.96. The molecule has 2 aromatic rings. The lowest BCUT2D eigenvalue weighted by Gasteiger charge is -2.22. The maximum Gasteiger partial charge on any atom is 0.194 e. The van der Waals surface area contributed by atoms with Gasteiger partial charge < -0.3 is 19.9 Å². The molecule has 0 saturated carbocycles. The molecule has 1 aromatic carbocycles. The van der Waals surface area contributed by atoms with Crippen LogP contribution in [0.3, 0.4) is 0 Å². The number of nitrogens with zero attached hydrogens (tertiary/aromatic N) is 4. The van der Waals surface area contributed by atoms with Crippen LogP contribution in [0.15, 0.2) is 46.8 Å². The van der Waals surface area contributed by atoms with E-state index in [1.54, 1.807) is 18.4 Å². The van der Waals surface area contributed by atoms with Gasteiger partial charge in [0.15, 0.2) is 5.96 Å². The third kappa shape index (κ3) is 6.42. The fourth-order valence-electron chi connectivity index (χ4n) is 3.12. The second-order valence-corrected chi connectivity index (χ2v) is 7.75. The van der Waals surface area contributed by atoms with Gasteiger partial charge in [-0.3, -0.25) is 4.99 Å². The summed E-state index contributed by atoms with van der Waals surface area (Å²) < 4.78 is 5.35. The van der Waals surface area contributed by atoms with Crippen LogP contribution in [-0.4, -0.2) is 50.1 Å². The van der Waals surface area contributed by atoms with Crippen LogP contribution in [0.5, 0.6) is 0 Å². The van der Waals surface area contributed by atoms with E-state index < -0.39 is 0 Å². The minimum absolute atomic E-state index is 0. The zero-order chi connectivity index (χ0) is 19.9. The molecule has 8 heteroatoms. The summed E-state index contributed by atoms with van der Waals surface area (Å²) in [5.41, 5.74) is 3.52. The molecule has 0 aliphatic carbocycles. The van der Waals surface area contributed by atoms with Crippen molar-refractivity contribution in [2.24, 2.45) is 4.99 Å². The number of nitrogens with one attached hydrogen (secondary N) is 1. The number of halogens is 1. The van der Waals surface area contributed by atoms with Gasteiger partial charge in [-0.25, -0.2) is 4.98 Å². The van der Waals surface area contributed by atoms with Gasteiger partial charge in [0.2, 0.25) is 0 Å². The lowest BCUT2D eigenvalue weighted by Crippen LogP contribution is -2.38. The van der Waals surface area contributed by atoms with Gasteiger partial charge in [0.1, 0.15) is 11.1 Å². The van der Waals surface area contributed by atoms with Gasteiger partial charge in [0, 0.05) is 51.9 Å². The summed E-state index contributed by atoms with van der Waals surface area (Å²) in [5, 5.41) is 6.54. The maximum absolute atomic E-state index is 5.35. The molecule has 0 bridgehead atoms. The van der Waals surface area contributed by atoms with E-state index in [-0.39, 0.29) is 30.1 Å². The first-order chi connectivity index (χ1) is 13.6. The molecule has 6 nitrogen and oxygen atoms in total. The van der Waals surface area contributed by atoms with Crippen LogP contribution < -0.4 is 10.2 Å². The highest BCUT2D eigenvalue weighted by Crippen LogP contribution is 2.21. The number of methoxy groups -OCH3 is 1. The average Bonchev–Trinajstić information content (AvgIpc) is 3.40. The zero-order valence-corrected chi connectivity index (χ0v) is 20.6. The van der Waals surface area contributed by atoms with Crippen molar-refractivity contribution < 1.29 is 4.74 Å². The Hall–Kier alpha value is -1.65. The van der Waals surface area contributed by atoms with Gasteiger partial charge in [-0.1, -0.05) is 24.3 Å². The number of anilines is 1. The van der Waals surface area contributed by atoms with E-state index in [1.165, 1.54) is 11.3 Å². The highest BCUT2D eigenvalue weighted by Gasteiger charge is 2.13. The van der Waals surface area contributed by atoms with Gasteiger partial charge in [-0.2, -0.15) is 0 Å². The van der Waals surface area contributed by atoms with Gasteiger partial charge >= 0.3 is 0 Å². The fraction of sp³-hybridized carbons (Fsp3) is 0.429. The molecule has 1 aliphatic heterocycles. The van der Waals surface area contributed by atoms with Crippen LogP contribution in [0.25, 0.3) is 0 Å². The molecule has 158 valence electrons. The molecule has 0 saturated heterocycles. The minimum Gasteiger partial charge on any atom is -0.375 e. The highest BCUT2D eigenvalue weighted by molar-refractivity contribution is 14.0. The van der Waals surface area contributed by atoms with Crippen molar-refractivity contribution in [3.8, 4) is 0 Å². The Labute approximate surface area is 194 Å². The standard InChI is InChI=1S/C21H29N5OS.HI/c1-16(27-4)20-24-18(15-28-20)14-25(3)21(22-2)23-13-17-8-7-9-19(12-17)26-10-5-6-11-26;/h5-9,12,15-16H,10-11,13-14H2,1-4H3,(H,22,23);1H. The molecule has 1 aromatic heterocycles. The smallest absolute Gasteiger partial charge is 0.194 e. The van der Waals surface area contributed by atoms with Crippen LogP contribution >= 0.6 is 35.3 Å². The summed E-state index contributed by atoms with van der Waals surface area (Å²) in [6, 6.07) is 8.67. The molecular formula is C21H30IN5OS. The molecule has 1 unspecified atom stereocenters. The van der Waals surface area contributed by atoms with Crippen molar-refractivity contribution in [1.82, 2.24) is 15.2 Å². The van der Waals surface area contributed by atoms with Gasteiger partial charge in [-0.05, 0) is 24.6 Å². The van der Waals surface area contributed by atoms with Crippen molar-refractivity contribution in [2.75, 3.05) is 39.2 Å². The van der Waals surface area contributed by atoms with Gasteiger partial charge in [0.25, 0.3) is 0 Å². The quantitative estimate of drug-likeness (QED) is 0.255. The van der Waals surface area contributed by atoms with E-state index in [0.29, 0.717) is 6.54 Å². The van der Waals surface area contributed by atoms with Crippen molar-refractivity contribution >= 4 is 47.0 Å². The Morgan fingerprint density at radius 2 is 2.14 bits per heavy atom. The first kappa shape index (κ1) is 23.6. The second-order valence-electron chi connectivity index (χ2n) is 6.86. The zero-order valence-electron chi connectivity index (χ0n) is 17.5. The predicted molar refractivity (Wildman–Crippen MR) is 132 cm³/mol. The van der Waals surface area contributed by atoms with Crippen molar-refractivity contribution in [3.63, 3.8) is 0 Å². The SMILES string of the molecule is CN=C(NCc1cccc(N2CC=CC2)c1)N(C)Cc1csc(C(C)OC)n1.I. The Bertz CT molecular complexity index is 830. The Morgan fingerprint density at radius 3 is 2.83 bits per heavy atom. The Balaban J connectivity index is 0.00000300. The van der Waals surface area contributed by atoms with Gasteiger partial charge in [0.05, 0.1) is 12.2 Å². The Kier molecular flexibility index (Phi) is 9.38. The summed E-state index contributed by atoms with van der Waals surface area (Å²) in [7, 11) is 5.55. The molecule has 1 aliphatic rings. The molecule has 0 fully saturated rings. The number of ether oxygens (including phenoxy) is 1. The average molecular weight is 527 g/mol. The van der Waals surface area contributed by atoms with Gasteiger partial charge in [-0.15, -0.1) is 35.3 Å². The molecule has 29 heavy (non-hydrogen) atoms. The topological polar surface area (TPSA) is 53.0 Å². The van der Waals surface area contributed by atoms with Crippen LogP contribution in [0.4, 0.5) is 5.69 Å². The molecule has 1 N–H and O–H groups in total. The van der Waals surface area contributed by atoms with Crippen LogP contribution in [0.1, 0.15) is 29.3 Å². The monoisotopic (exact) mass is 527 g/mol. The molecule has 0 spiro atoms. The summed E-state index contributed by atoms with van der Waals surface area (Å²) in [6.45, 7) is 5.41. The number of rotatable bonds is 7. The number of benzene rings is 1. The summed E-state index contributed by atoms with van der Waals surface area (Å²) >= 11 is 1.63. The number of guanidine groups is 1. The van der Waals surface area contributed by atoms with Crippen LogP contribution in [-0.2, 0) is 17.8 Å². The highest BCUT2D eigenvalue weighted by atomic mass is 127. The van der Waals surface area contributed by atoms with E-state index in [1.807, 2.05) is 21.0 Å². The van der Waals surface area contributed by atoms with Crippen LogP contribution in [0, 0.1) is 0 Å². The number of aromatic nitrogens is 1. The molecule has 1 atom stereocenters. The van der Waals surface area contributed by atoms with Crippen LogP contribution in [0.2, 0.25) is 0 Å². The third-order valence-corrected chi connectivity index (χ3v) is 5.84. The van der Waals surface area contributed by atoms with Crippen molar-refractivity contribution in [2.45, 2.75) is 26.1 Å². The number of hydrogen-bond donors (Lipinski definition) is 1. The lowest BCUT2D eigenvalue weighted by molar-refractivity contribution is 0.119. The molecule has 0 radical (unpaired) electrons. The normalized spacial score (nSPS) is 14.6. The Morgan fingerprint density at radius 1 is 1.38 bits per heavy atom. The van der Waals surface area contributed by atoms with E-state index >= 15 is 0 Å². The van der Waals surface area contributed by atoms with E-state index in [2.05, 4.69) is 66.9 Å². The molecule has 2 heterocycles. The lowest BCUT2D eigenvalue weighted by atomic mass is 10.2. The molecule has 0 amide bonds. The summed E-state index contributed by atoms with van der Waals surface area (Å²) in [5.74, 6) is 0.850. The molecule has 3 rings (SSSR count). The summed E-state index contributed by atoms with van der Waals surface area (Å²) in [6.07, 6.45) is 4.44. The first-order valence-electron chi connectivity index (χ1n) is 9.48. The second kappa shape index (κ2) is 11.5. The number of hydrogen-bond acceptors (Lipinski definition) is 5. The third-order valence-electron chi connectivity index (χ3n) is 4.79. The number of aliphatic imine (C=N–C) groups is 1. The summed E-state index contributed by atoms with van der Waals surface area (Å²) in [4.78, 5) is 13.5. The number of thiazole rings is 1. The van der Waals surface area contributed by atoms with Crippen molar-refractivity contribution in [3.05, 3.63) is 58.1 Å². The first-order valence-corrected chi connectivity index (χ1v) is 10.4. The maximum atomic E-state index is 5.35.